The molecule has 2 heterocycles. The molecule has 20 heavy (non-hydrogen) atoms. The van der Waals surface area contributed by atoms with Crippen molar-refractivity contribution in [2.24, 2.45) is 7.05 Å². The minimum atomic E-state index is 0.829. The van der Waals surface area contributed by atoms with Gasteiger partial charge in [-0.05, 0) is 23.8 Å². The van der Waals surface area contributed by atoms with Crippen molar-refractivity contribution >= 4 is 21.9 Å². The van der Waals surface area contributed by atoms with Gasteiger partial charge in [-0.15, -0.1) is 0 Å². The highest BCUT2D eigenvalue weighted by Crippen LogP contribution is 2.23. The summed E-state index contributed by atoms with van der Waals surface area (Å²) in [5, 5.41) is 1.30. The normalized spacial score (nSPS) is 11.4. The second-order valence-electron chi connectivity index (χ2n) is 5.16. The molecule has 0 radical (unpaired) electrons. The average molecular weight is 261 g/mol. The lowest BCUT2D eigenvalue weighted by atomic mass is 10.1. The Labute approximate surface area is 116 Å². The number of aryl methyl sites for hydroxylation is 1. The average Bonchev–Trinajstić information content (AvgIpc) is 3.01. The predicted octanol–water partition coefficient (Wildman–Crippen LogP) is 3.65. The van der Waals surface area contributed by atoms with Crippen LogP contribution in [0.1, 0.15) is 11.4 Å². The number of H-pyrrole nitrogens is 1. The molecule has 0 aliphatic rings. The van der Waals surface area contributed by atoms with E-state index in [1.54, 1.807) is 0 Å². The maximum absolute atomic E-state index is 4.66. The number of fused-ring (bicyclic) bond motifs is 2. The fourth-order valence-corrected chi connectivity index (χ4v) is 2.84. The number of para-hydroxylation sites is 3. The van der Waals surface area contributed by atoms with Gasteiger partial charge in [-0.2, -0.15) is 0 Å². The Bertz CT molecular complexity index is 866. The van der Waals surface area contributed by atoms with Crippen LogP contribution in [0.2, 0.25) is 0 Å². The van der Waals surface area contributed by atoms with Crippen LogP contribution < -0.4 is 0 Å². The van der Waals surface area contributed by atoms with E-state index in [2.05, 4.69) is 58.1 Å². The first kappa shape index (κ1) is 11.3. The summed E-state index contributed by atoms with van der Waals surface area (Å²) in [5.74, 6) is 1.02. The van der Waals surface area contributed by atoms with E-state index in [-0.39, 0.29) is 0 Å². The molecule has 0 saturated heterocycles. The molecule has 0 amide bonds. The van der Waals surface area contributed by atoms with Gasteiger partial charge in [-0.3, -0.25) is 0 Å². The summed E-state index contributed by atoms with van der Waals surface area (Å²) in [6.45, 7) is 0. The van der Waals surface area contributed by atoms with Crippen LogP contribution in [0.5, 0.6) is 0 Å². The van der Waals surface area contributed by atoms with Gasteiger partial charge in [-0.1, -0.05) is 30.3 Å². The molecule has 2 aromatic carbocycles. The van der Waals surface area contributed by atoms with E-state index in [0.29, 0.717) is 0 Å². The number of aromatic amines is 1. The molecular weight excluding hydrogens is 246 g/mol. The third-order valence-corrected chi connectivity index (χ3v) is 3.78. The van der Waals surface area contributed by atoms with Gasteiger partial charge >= 0.3 is 0 Å². The molecule has 0 saturated carbocycles. The summed E-state index contributed by atoms with van der Waals surface area (Å²) in [6.07, 6.45) is 3.02. The number of imidazole rings is 1. The summed E-state index contributed by atoms with van der Waals surface area (Å²) in [7, 11) is 2.09. The van der Waals surface area contributed by atoms with Crippen LogP contribution >= 0.6 is 0 Å². The van der Waals surface area contributed by atoms with Crippen molar-refractivity contribution in [2.45, 2.75) is 6.42 Å². The molecule has 0 spiro atoms. The minimum Gasteiger partial charge on any atom is -0.350 e. The topological polar surface area (TPSA) is 33.6 Å². The van der Waals surface area contributed by atoms with Crippen molar-refractivity contribution in [1.82, 2.24) is 14.5 Å². The van der Waals surface area contributed by atoms with E-state index in [4.69, 9.17) is 0 Å². The number of aromatic nitrogens is 3. The van der Waals surface area contributed by atoms with Crippen molar-refractivity contribution < 1.29 is 0 Å². The first-order valence-corrected chi connectivity index (χ1v) is 6.78. The zero-order valence-electron chi connectivity index (χ0n) is 11.3. The lowest BCUT2D eigenvalue weighted by molar-refractivity contribution is 0.949. The monoisotopic (exact) mass is 261 g/mol. The Kier molecular flexibility index (Phi) is 2.39. The van der Waals surface area contributed by atoms with E-state index >= 15 is 0 Å². The number of hydrogen-bond donors (Lipinski definition) is 1. The number of rotatable bonds is 2. The molecule has 3 nitrogen and oxygen atoms in total. The van der Waals surface area contributed by atoms with Crippen LogP contribution in [0.3, 0.4) is 0 Å². The highest BCUT2D eigenvalue weighted by Gasteiger charge is 2.09. The number of nitrogens with zero attached hydrogens (tertiary/aromatic N) is 2. The maximum atomic E-state index is 4.66. The zero-order chi connectivity index (χ0) is 13.5. The Hall–Kier alpha value is -2.55. The van der Waals surface area contributed by atoms with Crippen LogP contribution in [0, 0.1) is 0 Å². The second kappa shape index (κ2) is 4.23. The zero-order valence-corrected chi connectivity index (χ0v) is 11.3. The molecule has 0 aliphatic heterocycles. The molecule has 3 heteroatoms. The predicted molar refractivity (Wildman–Crippen MR) is 81.8 cm³/mol. The van der Waals surface area contributed by atoms with Crippen LogP contribution in [0.25, 0.3) is 21.9 Å². The third-order valence-electron chi connectivity index (χ3n) is 3.78. The van der Waals surface area contributed by atoms with Gasteiger partial charge in [0, 0.05) is 30.6 Å². The lowest BCUT2D eigenvalue weighted by Gasteiger charge is -1.95. The summed E-state index contributed by atoms with van der Waals surface area (Å²) >= 11 is 0. The van der Waals surface area contributed by atoms with E-state index in [1.807, 2.05) is 18.2 Å². The first-order valence-electron chi connectivity index (χ1n) is 6.78. The third kappa shape index (κ3) is 1.71. The van der Waals surface area contributed by atoms with Crippen molar-refractivity contribution in [3.05, 3.63) is 66.1 Å². The molecule has 1 N–H and O–H groups in total. The molecule has 0 aliphatic carbocycles. The fourth-order valence-electron chi connectivity index (χ4n) is 2.84. The van der Waals surface area contributed by atoms with E-state index < -0.39 is 0 Å². The van der Waals surface area contributed by atoms with Crippen LogP contribution in [0.15, 0.2) is 54.7 Å². The summed E-state index contributed by atoms with van der Waals surface area (Å²) < 4.78 is 2.17. The highest BCUT2D eigenvalue weighted by atomic mass is 14.9. The van der Waals surface area contributed by atoms with E-state index in [0.717, 1.165) is 23.3 Å². The Balaban J connectivity index is 1.80. The largest absolute Gasteiger partial charge is 0.350 e. The molecule has 2 aromatic heterocycles. The van der Waals surface area contributed by atoms with Gasteiger partial charge in [0.2, 0.25) is 0 Å². The van der Waals surface area contributed by atoms with Crippen molar-refractivity contribution in [3.63, 3.8) is 0 Å². The first-order chi connectivity index (χ1) is 9.81. The van der Waals surface area contributed by atoms with Gasteiger partial charge < -0.3 is 9.55 Å². The molecule has 4 rings (SSSR count). The van der Waals surface area contributed by atoms with Gasteiger partial charge in [0.1, 0.15) is 5.82 Å². The molecule has 0 atom stereocenters. The number of hydrogen-bond acceptors (Lipinski definition) is 1. The van der Waals surface area contributed by atoms with Crippen LogP contribution in [0.4, 0.5) is 0 Å². The maximum Gasteiger partial charge on any atom is 0.111 e. The summed E-state index contributed by atoms with van der Waals surface area (Å²) in [6, 6.07) is 16.6. The molecule has 0 unspecified atom stereocenters. The molecule has 98 valence electrons. The summed E-state index contributed by atoms with van der Waals surface area (Å²) in [4.78, 5) is 8.06. The standard InChI is InChI=1S/C17H15N3/c1-20-11-12(13-6-2-5-9-16(13)20)10-17-18-14-7-3-4-8-15(14)19-17/h2-9,11H,10H2,1H3,(H,18,19). The number of nitrogens with one attached hydrogen (secondary N) is 1. The highest BCUT2D eigenvalue weighted by molar-refractivity contribution is 5.84. The molecular formula is C17H15N3. The van der Waals surface area contributed by atoms with Gasteiger partial charge in [0.25, 0.3) is 0 Å². The van der Waals surface area contributed by atoms with E-state index in [1.165, 1.54) is 16.5 Å². The Morgan fingerprint density at radius 2 is 1.85 bits per heavy atom. The lowest BCUT2D eigenvalue weighted by Crippen LogP contribution is -1.89. The minimum absolute atomic E-state index is 0.829. The fraction of sp³-hybridized carbons (Fsp3) is 0.118. The van der Waals surface area contributed by atoms with Gasteiger partial charge in [0.05, 0.1) is 11.0 Å². The summed E-state index contributed by atoms with van der Waals surface area (Å²) in [5.41, 5.74) is 4.70. The number of benzene rings is 2. The van der Waals surface area contributed by atoms with Gasteiger partial charge in [0.15, 0.2) is 0 Å². The van der Waals surface area contributed by atoms with Crippen molar-refractivity contribution in [1.29, 1.82) is 0 Å². The van der Waals surface area contributed by atoms with Crippen molar-refractivity contribution in [3.8, 4) is 0 Å². The quantitative estimate of drug-likeness (QED) is 0.587. The van der Waals surface area contributed by atoms with Crippen LogP contribution in [-0.2, 0) is 13.5 Å². The molecule has 4 aromatic rings. The smallest absolute Gasteiger partial charge is 0.111 e. The van der Waals surface area contributed by atoms with E-state index in [9.17, 15) is 0 Å². The SMILES string of the molecule is Cn1cc(Cc2nc3ccccc3[nH]2)c2ccccc21. The molecule has 0 bridgehead atoms. The second-order valence-corrected chi connectivity index (χ2v) is 5.16. The molecule has 0 fully saturated rings. The van der Waals surface area contributed by atoms with Crippen molar-refractivity contribution in [2.75, 3.05) is 0 Å². The van der Waals surface area contributed by atoms with Gasteiger partial charge in [-0.25, -0.2) is 4.98 Å². The Morgan fingerprint density at radius 1 is 1.05 bits per heavy atom. The Morgan fingerprint density at radius 3 is 2.75 bits per heavy atom. The van der Waals surface area contributed by atoms with Crippen LogP contribution in [-0.4, -0.2) is 14.5 Å².